The topological polar surface area (TPSA) is 75.6 Å². The van der Waals surface area contributed by atoms with Crippen molar-refractivity contribution in [2.45, 2.75) is 51.7 Å². The molecule has 144 valence electrons. The lowest BCUT2D eigenvalue weighted by molar-refractivity contribution is -0.137. The van der Waals surface area contributed by atoms with E-state index in [2.05, 4.69) is 5.32 Å². The maximum Gasteiger partial charge on any atom is 0.305 e. The molecule has 0 radical (unpaired) electrons. The second-order valence-corrected chi connectivity index (χ2v) is 6.97. The highest BCUT2D eigenvalue weighted by atomic mass is 16.5. The van der Waals surface area contributed by atoms with Gasteiger partial charge in [-0.05, 0) is 43.0 Å². The first kappa shape index (κ1) is 20.5. The van der Waals surface area contributed by atoms with Gasteiger partial charge in [-0.2, -0.15) is 0 Å². The highest BCUT2D eigenvalue weighted by molar-refractivity contribution is 5.78. The number of hydrogen-bond donors (Lipinski definition) is 2. The summed E-state index contributed by atoms with van der Waals surface area (Å²) in [6.45, 7) is 5.86. The second-order valence-electron chi connectivity index (χ2n) is 6.97. The fourth-order valence-electron chi connectivity index (χ4n) is 2.91. The molecule has 0 bridgehead atoms. The molecule has 1 amide bonds. The van der Waals surface area contributed by atoms with E-state index in [4.69, 9.17) is 4.74 Å². The SMILES string of the molecule is CC(C)Oc1ccc([C@H](CC(=O)O)NC(=O)C[C@H](C)c2ccccc2)cc1. The van der Waals surface area contributed by atoms with E-state index in [-0.39, 0.29) is 24.3 Å². The summed E-state index contributed by atoms with van der Waals surface area (Å²) < 4.78 is 5.61. The number of rotatable bonds is 9. The van der Waals surface area contributed by atoms with Crippen LogP contribution in [0.3, 0.4) is 0 Å². The van der Waals surface area contributed by atoms with Gasteiger partial charge in [0.1, 0.15) is 5.75 Å². The largest absolute Gasteiger partial charge is 0.491 e. The molecule has 0 heterocycles. The molecule has 27 heavy (non-hydrogen) atoms. The number of carbonyl (C=O) groups is 2. The first-order chi connectivity index (χ1) is 12.8. The average Bonchev–Trinajstić information content (AvgIpc) is 2.61. The van der Waals surface area contributed by atoms with Crippen molar-refractivity contribution < 1.29 is 19.4 Å². The Kier molecular flexibility index (Phi) is 7.41. The third-order valence-electron chi connectivity index (χ3n) is 4.23. The Balaban J connectivity index is 2.05. The minimum absolute atomic E-state index is 0.0542. The standard InChI is InChI=1S/C22H27NO4/c1-15(2)27-19-11-9-18(10-12-19)20(14-22(25)26)23-21(24)13-16(3)17-7-5-4-6-8-17/h4-12,15-16,20H,13-14H2,1-3H3,(H,23,24)(H,25,26)/t16-,20-/m0/s1. The third-order valence-corrected chi connectivity index (χ3v) is 4.23. The zero-order valence-electron chi connectivity index (χ0n) is 16.0. The van der Waals surface area contributed by atoms with E-state index < -0.39 is 12.0 Å². The van der Waals surface area contributed by atoms with Crippen molar-refractivity contribution in [1.29, 1.82) is 0 Å². The lowest BCUT2D eigenvalue weighted by atomic mass is 9.97. The number of nitrogens with one attached hydrogen (secondary N) is 1. The summed E-state index contributed by atoms with van der Waals surface area (Å²) in [4.78, 5) is 23.7. The molecule has 0 aromatic heterocycles. The van der Waals surface area contributed by atoms with Crippen molar-refractivity contribution >= 4 is 11.9 Å². The fraction of sp³-hybridized carbons (Fsp3) is 0.364. The molecule has 0 saturated carbocycles. The minimum atomic E-state index is -0.959. The number of benzene rings is 2. The number of aliphatic carboxylic acids is 1. The molecule has 0 aliphatic rings. The molecule has 0 unspecified atom stereocenters. The highest BCUT2D eigenvalue weighted by Gasteiger charge is 2.20. The van der Waals surface area contributed by atoms with Crippen molar-refractivity contribution in [1.82, 2.24) is 5.32 Å². The lowest BCUT2D eigenvalue weighted by Crippen LogP contribution is -2.30. The third kappa shape index (κ3) is 6.77. The summed E-state index contributed by atoms with van der Waals surface area (Å²) in [6, 6.07) is 16.4. The zero-order chi connectivity index (χ0) is 19.8. The Morgan fingerprint density at radius 2 is 1.56 bits per heavy atom. The molecule has 0 aliphatic carbocycles. The highest BCUT2D eigenvalue weighted by Crippen LogP contribution is 2.23. The molecule has 5 heteroatoms. The summed E-state index contributed by atoms with van der Waals surface area (Å²) in [5.41, 5.74) is 1.83. The molecule has 0 aliphatic heterocycles. The van der Waals surface area contributed by atoms with Crippen LogP contribution in [0.4, 0.5) is 0 Å². The van der Waals surface area contributed by atoms with Gasteiger partial charge in [0.25, 0.3) is 0 Å². The Hall–Kier alpha value is -2.82. The Morgan fingerprint density at radius 1 is 0.926 bits per heavy atom. The zero-order valence-corrected chi connectivity index (χ0v) is 16.0. The van der Waals surface area contributed by atoms with Crippen LogP contribution in [0.15, 0.2) is 54.6 Å². The molecular weight excluding hydrogens is 342 g/mol. The predicted octanol–water partition coefficient (Wildman–Crippen LogP) is 4.30. The Labute approximate surface area is 160 Å². The van der Waals surface area contributed by atoms with Gasteiger partial charge in [-0.3, -0.25) is 9.59 Å². The Bertz CT molecular complexity index is 741. The molecule has 0 fully saturated rings. The van der Waals surface area contributed by atoms with Gasteiger partial charge in [0.2, 0.25) is 5.91 Å². The smallest absolute Gasteiger partial charge is 0.305 e. The van der Waals surface area contributed by atoms with Gasteiger partial charge in [-0.1, -0.05) is 49.4 Å². The molecular formula is C22H27NO4. The maximum absolute atomic E-state index is 12.5. The van der Waals surface area contributed by atoms with E-state index in [1.807, 2.05) is 51.1 Å². The van der Waals surface area contributed by atoms with Crippen molar-refractivity contribution in [2.75, 3.05) is 0 Å². The maximum atomic E-state index is 12.5. The van der Waals surface area contributed by atoms with Gasteiger partial charge in [0.15, 0.2) is 0 Å². The van der Waals surface area contributed by atoms with Crippen LogP contribution in [-0.4, -0.2) is 23.1 Å². The summed E-state index contributed by atoms with van der Waals surface area (Å²) in [5.74, 6) is -0.357. The summed E-state index contributed by atoms with van der Waals surface area (Å²) >= 11 is 0. The second kappa shape index (κ2) is 9.76. The fourth-order valence-corrected chi connectivity index (χ4v) is 2.91. The Morgan fingerprint density at radius 3 is 2.11 bits per heavy atom. The van der Waals surface area contributed by atoms with E-state index in [1.165, 1.54) is 0 Å². The summed E-state index contributed by atoms with van der Waals surface area (Å²) in [5, 5.41) is 12.1. The van der Waals surface area contributed by atoms with Crippen molar-refractivity contribution in [3.63, 3.8) is 0 Å². The van der Waals surface area contributed by atoms with Crippen LogP contribution in [0.5, 0.6) is 5.75 Å². The summed E-state index contributed by atoms with van der Waals surface area (Å²) in [6.07, 6.45) is 0.190. The van der Waals surface area contributed by atoms with Crippen LogP contribution < -0.4 is 10.1 Å². The van der Waals surface area contributed by atoms with Crippen LogP contribution in [-0.2, 0) is 9.59 Å². The number of carboxylic acids is 1. The van der Waals surface area contributed by atoms with Crippen molar-refractivity contribution in [2.24, 2.45) is 0 Å². The molecule has 2 atom stereocenters. The van der Waals surface area contributed by atoms with Crippen LogP contribution in [0.2, 0.25) is 0 Å². The van der Waals surface area contributed by atoms with Gasteiger partial charge < -0.3 is 15.2 Å². The van der Waals surface area contributed by atoms with E-state index in [0.29, 0.717) is 12.2 Å². The quantitative estimate of drug-likeness (QED) is 0.691. The minimum Gasteiger partial charge on any atom is -0.491 e. The molecule has 2 N–H and O–H groups in total. The normalized spacial score (nSPS) is 13.0. The van der Waals surface area contributed by atoms with Gasteiger partial charge in [0.05, 0.1) is 18.6 Å². The number of hydrogen-bond acceptors (Lipinski definition) is 3. The molecule has 2 rings (SSSR count). The van der Waals surface area contributed by atoms with Crippen molar-refractivity contribution in [3.8, 4) is 5.75 Å². The van der Waals surface area contributed by atoms with Crippen LogP contribution in [0, 0.1) is 0 Å². The monoisotopic (exact) mass is 369 g/mol. The average molecular weight is 369 g/mol. The summed E-state index contributed by atoms with van der Waals surface area (Å²) in [7, 11) is 0. The van der Waals surface area contributed by atoms with Crippen molar-refractivity contribution in [3.05, 3.63) is 65.7 Å². The number of carboxylic acid groups (broad SMARTS) is 1. The number of carbonyl (C=O) groups excluding carboxylic acids is 1. The van der Waals surface area contributed by atoms with E-state index in [1.54, 1.807) is 24.3 Å². The van der Waals surface area contributed by atoms with Crippen LogP contribution >= 0.6 is 0 Å². The van der Waals surface area contributed by atoms with E-state index in [9.17, 15) is 14.7 Å². The lowest BCUT2D eigenvalue weighted by Gasteiger charge is -2.20. The molecule has 2 aromatic carbocycles. The number of amides is 1. The molecule has 5 nitrogen and oxygen atoms in total. The molecule has 2 aromatic rings. The van der Waals surface area contributed by atoms with E-state index in [0.717, 1.165) is 11.1 Å². The first-order valence-corrected chi connectivity index (χ1v) is 9.18. The van der Waals surface area contributed by atoms with E-state index >= 15 is 0 Å². The van der Waals surface area contributed by atoms with Crippen LogP contribution in [0.1, 0.15) is 56.7 Å². The van der Waals surface area contributed by atoms with Gasteiger partial charge in [0, 0.05) is 6.42 Å². The first-order valence-electron chi connectivity index (χ1n) is 9.18. The predicted molar refractivity (Wildman–Crippen MR) is 105 cm³/mol. The van der Waals surface area contributed by atoms with Gasteiger partial charge in [-0.25, -0.2) is 0 Å². The molecule has 0 saturated heterocycles. The molecule has 0 spiro atoms. The van der Waals surface area contributed by atoms with Crippen LogP contribution in [0.25, 0.3) is 0 Å². The number of ether oxygens (including phenoxy) is 1. The van der Waals surface area contributed by atoms with Gasteiger partial charge >= 0.3 is 5.97 Å². The van der Waals surface area contributed by atoms with Gasteiger partial charge in [-0.15, -0.1) is 0 Å².